The van der Waals surface area contributed by atoms with E-state index < -0.39 is 38.9 Å². The van der Waals surface area contributed by atoms with E-state index in [2.05, 4.69) is 20.2 Å². The highest BCUT2D eigenvalue weighted by atomic mass is 32.3. The van der Waals surface area contributed by atoms with E-state index in [-0.39, 0.29) is 49.8 Å². The largest absolute Gasteiger partial charge is 0.480 e. The molecule has 40 heavy (non-hydrogen) atoms. The molecule has 14 heteroatoms. The number of nitrogens with one attached hydrogen (secondary N) is 2. The second-order valence-corrected chi connectivity index (χ2v) is 13.4. The van der Waals surface area contributed by atoms with Crippen molar-refractivity contribution >= 4 is 37.8 Å². The lowest BCUT2D eigenvalue weighted by Gasteiger charge is -2.41. The molecule has 1 aromatic carbocycles. The van der Waals surface area contributed by atoms with Gasteiger partial charge in [-0.2, -0.15) is 10.0 Å². The number of benzene rings is 1. The average molecular weight is 588 g/mol. The van der Waals surface area contributed by atoms with Gasteiger partial charge in [-0.3, -0.25) is 9.78 Å². The lowest BCUT2D eigenvalue weighted by Crippen LogP contribution is -2.29. The van der Waals surface area contributed by atoms with Crippen LogP contribution in [0.2, 0.25) is 0 Å². The molecule has 1 atom stereocenters. The molecular formula is C26H23F2N5O5S2. The Bertz CT molecular complexity index is 1760. The zero-order valence-corrected chi connectivity index (χ0v) is 23.1. The third-order valence-corrected chi connectivity index (χ3v) is 11.5. The van der Waals surface area contributed by atoms with Crippen LogP contribution < -0.4 is 16.0 Å². The molecule has 0 saturated heterocycles. The van der Waals surface area contributed by atoms with Gasteiger partial charge in [-0.05, 0) is 44.4 Å². The van der Waals surface area contributed by atoms with Gasteiger partial charge in [0.05, 0.1) is 23.4 Å². The van der Waals surface area contributed by atoms with Crippen LogP contribution in [0.1, 0.15) is 31.4 Å². The first-order valence-electron chi connectivity index (χ1n) is 11.7. The molecule has 0 bridgehead atoms. The van der Waals surface area contributed by atoms with Crippen LogP contribution in [-0.2, 0) is 5.75 Å². The molecular weight excluding hydrogens is 564 g/mol. The van der Waals surface area contributed by atoms with Crippen LogP contribution in [0.5, 0.6) is 5.88 Å². The van der Waals surface area contributed by atoms with Gasteiger partial charge in [0.1, 0.15) is 16.5 Å². The molecule has 0 amide bonds. The maximum Gasteiger partial charge on any atom is 0.345 e. The summed E-state index contributed by atoms with van der Waals surface area (Å²) in [7, 11) is 2.23. The van der Waals surface area contributed by atoms with Crippen molar-refractivity contribution in [1.82, 2.24) is 25.1 Å². The Hall–Kier alpha value is -4.14. The average Bonchev–Trinajstić information content (AvgIpc) is 3.48. The van der Waals surface area contributed by atoms with Crippen LogP contribution in [-0.4, -0.2) is 63.2 Å². The van der Waals surface area contributed by atoms with Gasteiger partial charge >= 0.3 is 11.7 Å². The van der Waals surface area contributed by atoms with Crippen molar-refractivity contribution in [2.75, 3.05) is 27.1 Å². The van der Waals surface area contributed by atoms with Crippen LogP contribution in [0.15, 0.2) is 57.1 Å². The number of carbonyl (C=O) groups is 1. The van der Waals surface area contributed by atoms with Gasteiger partial charge in [0, 0.05) is 38.6 Å². The lowest BCUT2D eigenvalue weighted by atomic mass is 10.0. The number of ether oxygens (including phenoxy) is 1. The molecule has 3 N–H and O–H groups in total. The number of methoxy groups -OCH3 is 1. The SMILES string of the molecule is COc1ccc(C2=C(c3ccc(C(=O)O)s3)S(Cc3c(F)cccc3F)(CN(C)C)c3[nH]c(=O)[nH]c(=O)c32)nn1. The van der Waals surface area contributed by atoms with Crippen molar-refractivity contribution in [2.24, 2.45) is 0 Å². The molecule has 0 aliphatic carbocycles. The molecule has 10 nitrogen and oxygen atoms in total. The second kappa shape index (κ2) is 10.4. The fourth-order valence-corrected chi connectivity index (χ4v) is 10.6. The van der Waals surface area contributed by atoms with E-state index in [4.69, 9.17) is 4.74 Å². The van der Waals surface area contributed by atoms with Gasteiger partial charge in [0.25, 0.3) is 5.56 Å². The summed E-state index contributed by atoms with van der Waals surface area (Å²) >= 11 is 0.954. The molecule has 3 aromatic heterocycles. The summed E-state index contributed by atoms with van der Waals surface area (Å²) < 4.78 is 35.5. The number of carboxylic acids is 1. The Morgan fingerprint density at radius 3 is 2.38 bits per heavy atom. The number of rotatable bonds is 8. The zero-order valence-electron chi connectivity index (χ0n) is 21.4. The number of aromatic carboxylic acids is 1. The smallest absolute Gasteiger partial charge is 0.345 e. The van der Waals surface area contributed by atoms with E-state index in [9.17, 15) is 19.5 Å². The molecule has 0 fully saturated rings. The summed E-state index contributed by atoms with van der Waals surface area (Å²) in [4.78, 5) is 45.7. The van der Waals surface area contributed by atoms with Crippen molar-refractivity contribution in [3.8, 4) is 5.88 Å². The van der Waals surface area contributed by atoms with Crippen molar-refractivity contribution in [3.05, 3.63) is 102 Å². The van der Waals surface area contributed by atoms with Gasteiger partial charge in [0.15, 0.2) is 0 Å². The Morgan fingerprint density at radius 2 is 1.80 bits per heavy atom. The van der Waals surface area contributed by atoms with Crippen molar-refractivity contribution in [3.63, 3.8) is 0 Å². The number of carboxylic acid groups (broad SMARTS) is 1. The first kappa shape index (κ1) is 27.4. The van der Waals surface area contributed by atoms with Crippen molar-refractivity contribution in [1.29, 1.82) is 0 Å². The van der Waals surface area contributed by atoms with Crippen LogP contribution >= 0.6 is 21.4 Å². The first-order valence-corrected chi connectivity index (χ1v) is 14.5. The molecule has 0 saturated carbocycles. The third kappa shape index (κ3) is 4.63. The summed E-state index contributed by atoms with van der Waals surface area (Å²) in [5.41, 5.74) is -1.13. The third-order valence-electron chi connectivity index (χ3n) is 6.24. The Kier molecular flexibility index (Phi) is 7.16. The van der Waals surface area contributed by atoms with Crippen molar-refractivity contribution < 1.29 is 23.4 Å². The molecule has 4 heterocycles. The predicted molar refractivity (Wildman–Crippen MR) is 148 cm³/mol. The van der Waals surface area contributed by atoms with Gasteiger partial charge in [-0.25, -0.2) is 18.4 Å². The highest BCUT2D eigenvalue weighted by Gasteiger charge is 2.47. The van der Waals surface area contributed by atoms with Crippen LogP contribution in [0.25, 0.3) is 10.5 Å². The minimum atomic E-state index is -2.71. The molecule has 0 spiro atoms. The summed E-state index contributed by atoms with van der Waals surface area (Å²) in [5.74, 6) is -2.57. The highest BCUT2D eigenvalue weighted by Crippen LogP contribution is 2.74. The predicted octanol–water partition coefficient (Wildman–Crippen LogP) is 3.71. The Morgan fingerprint density at radius 1 is 1.07 bits per heavy atom. The number of H-pyrrole nitrogens is 2. The van der Waals surface area contributed by atoms with E-state index in [0.29, 0.717) is 9.78 Å². The lowest BCUT2D eigenvalue weighted by molar-refractivity contribution is 0.0702. The summed E-state index contributed by atoms with van der Waals surface area (Å²) in [6.07, 6.45) is 0. The molecule has 0 radical (unpaired) electrons. The number of nitrogens with zero attached hydrogens (tertiary/aromatic N) is 3. The molecule has 5 rings (SSSR count). The Labute approximate surface area is 231 Å². The standard InChI is InChI=1S/C26H23F2N5O5S2/c1-33(2)12-40(11-13-14(27)5-4-6-15(13)28)22(17-8-9-18(39-17)25(35)36)20(16-7-10-19(38-3)32-31-16)21-23(34)29-26(37)30-24(21)40/h4-10H,11-12H2,1-3H3,(H,35,36)(H2,29,30,34,37). The fourth-order valence-electron chi connectivity index (χ4n) is 4.77. The summed E-state index contributed by atoms with van der Waals surface area (Å²) in [5, 5.41) is 18.2. The minimum Gasteiger partial charge on any atom is -0.480 e. The second-order valence-electron chi connectivity index (χ2n) is 9.18. The number of hydrogen-bond acceptors (Lipinski definition) is 8. The topological polar surface area (TPSA) is 141 Å². The normalized spacial score (nSPS) is 18.1. The maximum absolute atomic E-state index is 15.2. The molecule has 1 unspecified atom stereocenters. The monoisotopic (exact) mass is 587 g/mol. The number of hydrogen-bond donors (Lipinski definition) is 3. The van der Waals surface area contributed by atoms with Gasteiger partial charge < -0.3 is 19.7 Å². The Balaban J connectivity index is 1.95. The molecule has 4 aromatic rings. The summed E-state index contributed by atoms with van der Waals surface area (Å²) in [6, 6.07) is 9.68. The number of aromatic amines is 2. The number of thiophene rings is 1. The van der Waals surface area contributed by atoms with E-state index >= 15 is 8.78 Å². The van der Waals surface area contributed by atoms with E-state index in [0.717, 1.165) is 23.5 Å². The fraction of sp³-hybridized carbons (Fsp3) is 0.192. The summed E-state index contributed by atoms with van der Waals surface area (Å²) in [6.45, 7) is 0. The number of fused-ring (bicyclic) bond motifs is 1. The van der Waals surface area contributed by atoms with Gasteiger partial charge in [-0.1, -0.05) is 6.07 Å². The molecule has 208 valence electrons. The van der Waals surface area contributed by atoms with Gasteiger partial charge in [0.2, 0.25) is 5.88 Å². The maximum atomic E-state index is 15.2. The van der Waals surface area contributed by atoms with Crippen LogP contribution in [0.3, 0.4) is 0 Å². The molecule has 1 aliphatic heterocycles. The van der Waals surface area contributed by atoms with Crippen LogP contribution in [0, 0.1) is 11.6 Å². The zero-order chi connectivity index (χ0) is 28.8. The first-order chi connectivity index (χ1) is 19.1. The minimum absolute atomic E-state index is 0.0243. The highest BCUT2D eigenvalue weighted by molar-refractivity contribution is 8.40. The van der Waals surface area contributed by atoms with Crippen molar-refractivity contribution in [2.45, 2.75) is 10.8 Å². The molecule has 1 aliphatic rings. The van der Waals surface area contributed by atoms with E-state index in [1.165, 1.54) is 19.2 Å². The van der Waals surface area contributed by atoms with Gasteiger partial charge in [-0.15, -0.1) is 21.5 Å². The number of halogens is 2. The van der Waals surface area contributed by atoms with E-state index in [1.54, 1.807) is 37.2 Å². The van der Waals surface area contributed by atoms with E-state index in [1.807, 2.05) is 0 Å². The van der Waals surface area contributed by atoms with Crippen LogP contribution in [0.4, 0.5) is 8.78 Å². The number of aromatic nitrogens is 4. The quantitative estimate of drug-likeness (QED) is 0.265.